The van der Waals surface area contributed by atoms with Gasteiger partial charge in [-0.05, 0) is 18.4 Å². The Labute approximate surface area is 83.9 Å². The summed E-state index contributed by atoms with van der Waals surface area (Å²) in [5.74, 6) is 1.61. The van der Waals surface area contributed by atoms with Crippen LogP contribution in [0.3, 0.4) is 0 Å². The molecule has 0 radical (unpaired) electrons. The van der Waals surface area contributed by atoms with E-state index in [2.05, 4.69) is 16.8 Å². The summed E-state index contributed by atoms with van der Waals surface area (Å²) < 4.78 is 0. The van der Waals surface area contributed by atoms with Crippen LogP contribution in [0.25, 0.3) is 0 Å². The van der Waals surface area contributed by atoms with Crippen LogP contribution < -0.4 is 16.4 Å². The lowest BCUT2D eigenvalue weighted by Crippen LogP contribution is -2.21. The highest BCUT2D eigenvalue weighted by molar-refractivity contribution is 5.67. The number of pyridine rings is 1. The van der Waals surface area contributed by atoms with Gasteiger partial charge in [0.05, 0.1) is 17.6 Å². The predicted molar refractivity (Wildman–Crippen MR) is 59.1 cm³/mol. The fourth-order valence-corrected chi connectivity index (χ4v) is 1.88. The van der Waals surface area contributed by atoms with Gasteiger partial charge in [0.2, 0.25) is 0 Å². The van der Waals surface area contributed by atoms with E-state index in [1.165, 1.54) is 6.42 Å². The number of rotatable bonds is 1. The number of nitrogens with two attached hydrogens (primary N) is 2. The van der Waals surface area contributed by atoms with E-state index < -0.39 is 0 Å². The van der Waals surface area contributed by atoms with E-state index >= 15 is 0 Å². The largest absolute Gasteiger partial charge is 0.397 e. The molecule has 1 atom stereocenters. The van der Waals surface area contributed by atoms with Crippen molar-refractivity contribution < 1.29 is 0 Å². The van der Waals surface area contributed by atoms with Crippen LogP contribution in [0.4, 0.5) is 17.2 Å². The molecule has 2 rings (SSSR count). The van der Waals surface area contributed by atoms with Gasteiger partial charge in [0.1, 0.15) is 0 Å². The van der Waals surface area contributed by atoms with Gasteiger partial charge in [-0.25, -0.2) is 4.98 Å². The molecule has 0 saturated carbocycles. The number of aromatic nitrogens is 1. The molecule has 4 N–H and O–H groups in total. The van der Waals surface area contributed by atoms with Crippen molar-refractivity contribution in [3.05, 3.63) is 12.3 Å². The summed E-state index contributed by atoms with van der Waals surface area (Å²) in [5.41, 5.74) is 12.8. The molecule has 1 aliphatic rings. The summed E-state index contributed by atoms with van der Waals surface area (Å²) in [6, 6.07) is 1.77. The molecule has 1 unspecified atom stereocenters. The van der Waals surface area contributed by atoms with Gasteiger partial charge in [0.25, 0.3) is 0 Å². The third kappa shape index (κ3) is 1.60. The summed E-state index contributed by atoms with van der Waals surface area (Å²) in [5, 5.41) is 0. The lowest BCUT2D eigenvalue weighted by molar-refractivity contribution is 0.659. The summed E-state index contributed by atoms with van der Waals surface area (Å²) in [7, 11) is 0. The first-order chi connectivity index (χ1) is 6.66. The Morgan fingerprint density at radius 1 is 1.50 bits per heavy atom. The number of hydrogen-bond acceptors (Lipinski definition) is 4. The van der Waals surface area contributed by atoms with Crippen LogP contribution in [0.2, 0.25) is 0 Å². The normalized spacial score (nSPS) is 21.5. The van der Waals surface area contributed by atoms with Crippen LogP contribution in [-0.2, 0) is 0 Å². The average molecular weight is 192 g/mol. The third-order valence-electron chi connectivity index (χ3n) is 2.64. The highest BCUT2D eigenvalue weighted by atomic mass is 15.2. The number of nitrogens with zero attached hydrogens (tertiary/aromatic N) is 2. The zero-order valence-corrected chi connectivity index (χ0v) is 8.40. The number of nitrogen functional groups attached to an aromatic ring is 2. The molecule has 1 aliphatic heterocycles. The molecule has 4 heteroatoms. The van der Waals surface area contributed by atoms with Gasteiger partial charge in [-0.15, -0.1) is 0 Å². The van der Waals surface area contributed by atoms with E-state index in [4.69, 9.17) is 11.5 Å². The molecule has 0 aliphatic carbocycles. The monoisotopic (exact) mass is 192 g/mol. The minimum atomic E-state index is 0.624. The molecular formula is C10H16N4. The van der Waals surface area contributed by atoms with Crippen molar-refractivity contribution >= 4 is 17.2 Å². The van der Waals surface area contributed by atoms with Crippen molar-refractivity contribution in [3.63, 3.8) is 0 Å². The molecule has 14 heavy (non-hydrogen) atoms. The second kappa shape index (κ2) is 3.36. The molecule has 0 spiro atoms. The number of hydrogen-bond donors (Lipinski definition) is 2. The first-order valence-electron chi connectivity index (χ1n) is 4.93. The van der Waals surface area contributed by atoms with Gasteiger partial charge in [0.15, 0.2) is 5.82 Å². The standard InChI is InChI=1S/C10H16N4/c1-7-2-3-14(6-7)10-9(12)4-8(11)5-13-10/h4-5,7H,2-3,6,11-12H2,1H3. The Morgan fingerprint density at radius 2 is 2.29 bits per heavy atom. The zero-order valence-electron chi connectivity index (χ0n) is 8.40. The topological polar surface area (TPSA) is 68.2 Å². The Balaban J connectivity index is 2.24. The Morgan fingerprint density at radius 3 is 2.86 bits per heavy atom. The minimum absolute atomic E-state index is 0.624. The Hall–Kier alpha value is -1.45. The van der Waals surface area contributed by atoms with Crippen molar-refractivity contribution in [3.8, 4) is 0 Å². The highest BCUT2D eigenvalue weighted by Crippen LogP contribution is 2.27. The molecule has 1 aromatic heterocycles. The van der Waals surface area contributed by atoms with Crippen molar-refractivity contribution in [2.75, 3.05) is 29.5 Å². The van der Waals surface area contributed by atoms with E-state index in [-0.39, 0.29) is 0 Å². The predicted octanol–water partition coefficient (Wildman–Crippen LogP) is 1.09. The molecule has 1 aromatic rings. The molecule has 4 nitrogen and oxygen atoms in total. The molecule has 1 fully saturated rings. The first-order valence-corrected chi connectivity index (χ1v) is 4.93. The van der Waals surface area contributed by atoms with Crippen molar-refractivity contribution in [1.82, 2.24) is 4.98 Å². The van der Waals surface area contributed by atoms with Crippen LogP contribution >= 0.6 is 0 Å². The minimum Gasteiger partial charge on any atom is -0.397 e. The van der Waals surface area contributed by atoms with Gasteiger partial charge in [0, 0.05) is 13.1 Å². The van der Waals surface area contributed by atoms with E-state index in [1.54, 1.807) is 12.3 Å². The summed E-state index contributed by atoms with van der Waals surface area (Å²) in [4.78, 5) is 6.49. The van der Waals surface area contributed by atoms with Crippen LogP contribution in [0.1, 0.15) is 13.3 Å². The Bertz CT molecular complexity index is 337. The fourth-order valence-electron chi connectivity index (χ4n) is 1.88. The van der Waals surface area contributed by atoms with Crippen LogP contribution in [0, 0.1) is 5.92 Å². The smallest absolute Gasteiger partial charge is 0.151 e. The average Bonchev–Trinajstić information content (AvgIpc) is 2.51. The van der Waals surface area contributed by atoms with Gasteiger partial charge in [-0.3, -0.25) is 0 Å². The van der Waals surface area contributed by atoms with E-state index in [1.807, 2.05) is 0 Å². The summed E-state index contributed by atoms with van der Waals surface area (Å²) in [6.07, 6.45) is 2.88. The third-order valence-corrected chi connectivity index (χ3v) is 2.64. The second-order valence-electron chi connectivity index (χ2n) is 4.02. The van der Waals surface area contributed by atoms with E-state index in [9.17, 15) is 0 Å². The van der Waals surface area contributed by atoms with Crippen molar-refractivity contribution in [2.24, 2.45) is 5.92 Å². The van der Waals surface area contributed by atoms with Gasteiger partial charge < -0.3 is 16.4 Å². The van der Waals surface area contributed by atoms with Gasteiger partial charge >= 0.3 is 0 Å². The second-order valence-corrected chi connectivity index (χ2v) is 4.02. The molecule has 76 valence electrons. The van der Waals surface area contributed by atoms with Crippen molar-refractivity contribution in [1.29, 1.82) is 0 Å². The molecule has 0 amide bonds. The molecule has 2 heterocycles. The number of anilines is 3. The van der Waals surface area contributed by atoms with Crippen LogP contribution in [-0.4, -0.2) is 18.1 Å². The lowest BCUT2D eigenvalue weighted by atomic mass is 10.2. The summed E-state index contributed by atoms with van der Waals surface area (Å²) in [6.45, 7) is 4.33. The molecule has 0 bridgehead atoms. The highest BCUT2D eigenvalue weighted by Gasteiger charge is 2.21. The van der Waals surface area contributed by atoms with E-state index in [0.717, 1.165) is 24.8 Å². The van der Waals surface area contributed by atoms with Crippen molar-refractivity contribution in [2.45, 2.75) is 13.3 Å². The quantitative estimate of drug-likeness (QED) is 0.699. The molecular weight excluding hydrogens is 176 g/mol. The Kier molecular flexibility index (Phi) is 2.19. The fraction of sp³-hybridized carbons (Fsp3) is 0.500. The summed E-state index contributed by atoms with van der Waals surface area (Å²) >= 11 is 0. The van der Waals surface area contributed by atoms with Crippen LogP contribution in [0.5, 0.6) is 0 Å². The maximum Gasteiger partial charge on any atom is 0.151 e. The van der Waals surface area contributed by atoms with Crippen LogP contribution in [0.15, 0.2) is 12.3 Å². The van der Waals surface area contributed by atoms with Gasteiger partial charge in [-0.1, -0.05) is 6.92 Å². The zero-order chi connectivity index (χ0) is 10.1. The van der Waals surface area contributed by atoms with Gasteiger partial charge in [-0.2, -0.15) is 0 Å². The first kappa shape index (κ1) is 9.12. The maximum atomic E-state index is 5.86. The SMILES string of the molecule is CC1CCN(c2ncc(N)cc2N)C1. The molecule has 1 saturated heterocycles. The lowest BCUT2D eigenvalue weighted by Gasteiger charge is -2.18. The van der Waals surface area contributed by atoms with E-state index in [0.29, 0.717) is 11.4 Å². The maximum absolute atomic E-state index is 5.86. The molecule has 0 aromatic carbocycles.